The molecule has 0 spiro atoms. The number of rotatable bonds is 36. The van der Waals surface area contributed by atoms with E-state index in [1.807, 2.05) is 0 Å². The van der Waals surface area contributed by atoms with Gasteiger partial charge >= 0.3 is 369 Å². The monoisotopic (exact) mass is 1010 g/mol. The maximum atomic E-state index is 8.46. The summed E-state index contributed by atoms with van der Waals surface area (Å²) in [6.45, 7) is 23.1. The Morgan fingerprint density at radius 2 is 0.614 bits per heavy atom. The molecule has 2 aromatic carbocycles. The fraction of sp³-hybridized carbons (Fsp3) is 0.769. The maximum absolute atomic E-state index is 8.46. The van der Waals surface area contributed by atoms with Crippen molar-refractivity contribution in [3.05, 3.63) is 57.6 Å². The van der Waals surface area contributed by atoms with Gasteiger partial charge in [0.1, 0.15) is 0 Å². The van der Waals surface area contributed by atoms with E-state index in [4.69, 9.17) is 7.56 Å². The molecule has 0 atom stereocenters. The van der Waals surface area contributed by atoms with Crippen molar-refractivity contribution in [2.75, 3.05) is 0 Å². The second kappa shape index (κ2) is 31.4. The Morgan fingerprint density at radius 1 is 0.351 bits per heavy atom. The van der Waals surface area contributed by atoms with Crippen molar-refractivity contribution in [2.24, 2.45) is 0 Å². The van der Waals surface area contributed by atoms with Gasteiger partial charge in [0, 0.05) is 0 Å². The standard InChI is InChI=1S/2C10H14O.4C8H17.O.2Sn/c2*1-4-9-8(3)7(2)5-6-10(9)11;4*1-3-5-7-8-6-4-2;;;/h2*5-6,11H,4H2,1-3H3;4*1,3-8H2,2H3;;;/q;;;;;;;2*+1/p-2. The SMILES string of the molecule is CCCCCCC[CH2][Sn]([CH2]CCCCCCC)([O]c1ccc(C)c(C)c1CC)[O][Sn]([CH2]CCCCCCC)([CH2]CCCCCCC)[O]c1ccc(C)c(C)c1CC. The number of unbranched alkanes of at least 4 members (excludes halogenated alkanes) is 20. The van der Waals surface area contributed by atoms with Gasteiger partial charge in [-0.05, 0) is 0 Å². The molecule has 0 radical (unpaired) electrons. The first-order valence-electron chi connectivity index (χ1n) is 24.9. The molecule has 0 aliphatic carbocycles. The van der Waals surface area contributed by atoms with E-state index in [1.165, 1.54) is 187 Å². The van der Waals surface area contributed by atoms with E-state index in [-0.39, 0.29) is 0 Å². The fourth-order valence-electron chi connectivity index (χ4n) is 8.91. The number of hydrogen-bond acceptors (Lipinski definition) is 3. The Balaban J connectivity index is 2.79. The quantitative estimate of drug-likeness (QED) is 0.0503. The van der Waals surface area contributed by atoms with Crippen molar-refractivity contribution in [2.45, 2.75) is 254 Å². The van der Waals surface area contributed by atoms with Crippen LogP contribution >= 0.6 is 0 Å². The second-order valence-corrected chi connectivity index (χ2v) is 39.6. The van der Waals surface area contributed by atoms with Gasteiger partial charge in [0.25, 0.3) is 0 Å². The molecule has 0 aliphatic heterocycles. The zero-order chi connectivity index (χ0) is 41.8. The number of aryl methyl sites for hydroxylation is 2. The van der Waals surface area contributed by atoms with Gasteiger partial charge in [0.15, 0.2) is 0 Å². The topological polar surface area (TPSA) is 27.7 Å². The van der Waals surface area contributed by atoms with E-state index >= 15 is 0 Å². The molecule has 0 aromatic heterocycles. The third-order valence-electron chi connectivity index (χ3n) is 13.0. The normalized spacial score (nSPS) is 12.1. The van der Waals surface area contributed by atoms with E-state index in [0.29, 0.717) is 0 Å². The van der Waals surface area contributed by atoms with Crippen molar-refractivity contribution in [3.8, 4) is 11.5 Å². The molecule has 0 saturated heterocycles. The molecule has 0 amide bonds. The van der Waals surface area contributed by atoms with Crippen molar-refractivity contribution in [3.63, 3.8) is 0 Å². The van der Waals surface area contributed by atoms with Crippen LogP contribution in [0.15, 0.2) is 24.3 Å². The second-order valence-electron chi connectivity index (χ2n) is 17.9. The molecule has 0 heterocycles. The molecule has 57 heavy (non-hydrogen) atoms. The van der Waals surface area contributed by atoms with E-state index in [0.717, 1.165) is 42.1 Å². The van der Waals surface area contributed by atoms with Crippen LogP contribution in [0.3, 0.4) is 0 Å². The van der Waals surface area contributed by atoms with Crippen LogP contribution in [0.5, 0.6) is 11.5 Å². The summed E-state index contributed by atoms with van der Waals surface area (Å²) >= 11 is -7.77. The Morgan fingerprint density at radius 3 is 0.877 bits per heavy atom. The predicted molar refractivity (Wildman–Crippen MR) is 257 cm³/mol. The molecule has 3 nitrogen and oxygen atoms in total. The van der Waals surface area contributed by atoms with Crippen LogP contribution in [0.2, 0.25) is 17.7 Å². The van der Waals surface area contributed by atoms with Crippen molar-refractivity contribution < 1.29 is 7.56 Å². The van der Waals surface area contributed by atoms with Gasteiger partial charge in [-0.25, -0.2) is 0 Å². The van der Waals surface area contributed by atoms with Crippen LogP contribution < -0.4 is 6.15 Å². The molecular formula is C52H94O3Sn2. The predicted octanol–water partition coefficient (Wildman–Crippen LogP) is 17.8. The summed E-state index contributed by atoms with van der Waals surface area (Å²) in [5.74, 6) is 2.29. The molecule has 0 fully saturated rings. The summed E-state index contributed by atoms with van der Waals surface area (Å²) in [6.07, 6.45) is 33.5. The summed E-state index contributed by atoms with van der Waals surface area (Å²) in [5.41, 5.74) is 8.36. The first kappa shape index (κ1) is 52.7. The number of benzene rings is 2. The van der Waals surface area contributed by atoms with Gasteiger partial charge in [0.2, 0.25) is 0 Å². The molecule has 2 rings (SSSR count). The third kappa shape index (κ3) is 19.9. The zero-order valence-electron chi connectivity index (χ0n) is 39.7. The Hall–Kier alpha value is -0.403. The van der Waals surface area contributed by atoms with E-state index in [9.17, 15) is 0 Å². The van der Waals surface area contributed by atoms with Gasteiger partial charge in [-0.1, -0.05) is 0 Å². The molecule has 0 aliphatic rings. The molecule has 2 aromatic rings. The van der Waals surface area contributed by atoms with Gasteiger partial charge < -0.3 is 0 Å². The minimum atomic E-state index is -3.88. The first-order valence-corrected chi connectivity index (χ1v) is 37.6. The first-order chi connectivity index (χ1) is 27.6. The van der Waals surface area contributed by atoms with Crippen LogP contribution in [0, 0.1) is 27.7 Å². The molecule has 5 heteroatoms. The average Bonchev–Trinajstić information content (AvgIpc) is 3.20. The van der Waals surface area contributed by atoms with Crippen molar-refractivity contribution in [1.82, 2.24) is 0 Å². The van der Waals surface area contributed by atoms with Crippen LogP contribution in [0.1, 0.15) is 229 Å². The van der Waals surface area contributed by atoms with Gasteiger partial charge in [0.05, 0.1) is 0 Å². The minimum absolute atomic E-state index is 1.00. The van der Waals surface area contributed by atoms with Crippen molar-refractivity contribution in [1.29, 1.82) is 0 Å². The Kier molecular flexibility index (Phi) is 29.1. The molecule has 0 unspecified atom stereocenters. The van der Waals surface area contributed by atoms with E-state index < -0.39 is 38.4 Å². The molecule has 0 N–H and O–H groups in total. The third-order valence-corrected chi connectivity index (χ3v) is 45.4. The summed E-state index contributed by atoms with van der Waals surface area (Å²) in [5, 5.41) is 0. The molecule has 0 saturated carbocycles. The average molecular weight is 1000 g/mol. The molecular weight excluding hydrogens is 910 g/mol. The van der Waals surface area contributed by atoms with Gasteiger partial charge in [-0.15, -0.1) is 0 Å². The molecule has 0 bridgehead atoms. The van der Waals surface area contributed by atoms with E-state index in [1.54, 1.807) is 0 Å². The van der Waals surface area contributed by atoms with Crippen molar-refractivity contribution >= 4 is 38.4 Å². The zero-order valence-corrected chi connectivity index (χ0v) is 45.5. The Bertz CT molecular complexity index is 1190. The molecule has 328 valence electrons. The van der Waals surface area contributed by atoms with Crippen LogP contribution in [0.4, 0.5) is 0 Å². The van der Waals surface area contributed by atoms with Crippen LogP contribution in [0.25, 0.3) is 0 Å². The number of hydrogen-bond donors (Lipinski definition) is 0. The van der Waals surface area contributed by atoms with Crippen LogP contribution in [-0.4, -0.2) is 38.4 Å². The summed E-state index contributed by atoms with van der Waals surface area (Å²) < 4.78 is 28.9. The van der Waals surface area contributed by atoms with E-state index in [2.05, 4.69) is 93.5 Å². The summed E-state index contributed by atoms with van der Waals surface area (Å²) in [7, 11) is 0. The van der Waals surface area contributed by atoms with Gasteiger partial charge in [-0.3, -0.25) is 0 Å². The summed E-state index contributed by atoms with van der Waals surface area (Å²) in [4.78, 5) is 0. The summed E-state index contributed by atoms with van der Waals surface area (Å²) in [6, 6.07) is 9.30. The van der Waals surface area contributed by atoms with Gasteiger partial charge in [-0.2, -0.15) is 0 Å². The van der Waals surface area contributed by atoms with Crippen LogP contribution in [-0.2, 0) is 14.3 Å². The fourth-order valence-corrected chi connectivity index (χ4v) is 49.6. The Labute approximate surface area is 366 Å².